The molecule has 0 bridgehead atoms. The Morgan fingerprint density at radius 2 is 2.17 bits per heavy atom. The van der Waals surface area contributed by atoms with Crippen molar-refractivity contribution >= 4 is 0 Å². The van der Waals surface area contributed by atoms with Gasteiger partial charge in [-0.2, -0.15) is 5.10 Å². The molecule has 1 aromatic heterocycles. The molecule has 4 heteroatoms. The second-order valence-electron chi connectivity index (χ2n) is 4.96. The van der Waals surface area contributed by atoms with Crippen LogP contribution in [0.25, 0.3) is 5.69 Å². The number of nitrogens with two attached hydrogens (primary N) is 1. The highest BCUT2D eigenvalue weighted by atomic mass is 19.1. The molecule has 18 heavy (non-hydrogen) atoms. The van der Waals surface area contributed by atoms with Crippen LogP contribution in [0, 0.1) is 5.82 Å². The number of hydrogen-bond acceptors (Lipinski definition) is 2. The molecule has 0 aliphatic heterocycles. The van der Waals surface area contributed by atoms with Gasteiger partial charge in [-0.05, 0) is 43.5 Å². The van der Waals surface area contributed by atoms with E-state index in [1.54, 1.807) is 10.7 Å². The first-order valence-electron chi connectivity index (χ1n) is 6.26. The summed E-state index contributed by atoms with van der Waals surface area (Å²) in [6.07, 6.45) is 4.21. The van der Waals surface area contributed by atoms with Crippen LogP contribution in [-0.4, -0.2) is 9.78 Å². The highest BCUT2D eigenvalue weighted by Crippen LogP contribution is 2.39. The fourth-order valence-electron chi connectivity index (χ4n) is 2.06. The predicted octanol–water partition coefficient (Wildman–Crippen LogP) is 2.91. The Balaban J connectivity index is 1.94. The lowest BCUT2D eigenvalue weighted by Gasteiger charge is -2.08. The molecule has 1 heterocycles. The molecule has 0 saturated heterocycles. The van der Waals surface area contributed by atoms with Gasteiger partial charge >= 0.3 is 0 Å². The molecule has 94 valence electrons. The van der Waals surface area contributed by atoms with Crippen molar-refractivity contribution in [1.82, 2.24) is 9.78 Å². The van der Waals surface area contributed by atoms with E-state index in [2.05, 4.69) is 5.10 Å². The van der Waals surface area contributed by atoms with Gasteiger partial charge in [-0.3, -0.25) is 0 Å². The maximum Gasteiger partial charge on any atom is 0.149 e. The first-order valence-corrected chi connectivity index (χ1v) is 6.26. The van der Waals surface area contributed by atoms with Crippen molar-refractivity contribution in [3.05, 3.63) is 47.5 Å². The van der Waals surface area contributed by atoms with Crippen molar-refractivity contribution in [3.63, 3.8) is 0 Å². The van der Waals surface area contributed by atoms with Crippen LogP contribution in [0.1, 0.15) is 43.0 Å². The van der Waals surface area contributed by atoms with E-state index >= 15 is 0 Å². The summed E-state index contributed by atoms with van der Waals surface area (Å²) in [4.78, 5) is 0. The first kappa shape index (κ1) is 11.4. The fourth-order valence-corrected chi connectivity index (χ4v) is 2.06. The minimum Gasteiger partial charge on any atom is -0.324 e. The quantitative estimate of drug-likeness (QED) is 0.903. The Morgan fingerprint density at radius 1 is 1.39 bits per heavy atom. The average molecular weight is 245 g/mol. The summed E-state index contributed by atoms with van der Waals surface area (Å²) in [5, 5.41) is 4.42. The van der Waals surface area contributed by atoms with Crippen LogP contribution in [0.2, 0.25) is 0 Å². The Kier molecular flexibility index (Phi) is 2.67. The van der Waals surface area contributed by atoms with Gasteiger partial charge in [0, 0.05) is 18.2 Å². The molecular weight excluding hydrogens is 229 g/mol. The molecule has 3 nitrogen and oxygen atoms in total. The largest absolute Gasteiger partial charge is 0.324 e. The number of rotatable bonds is 3. The van der Waals surface area contributed by atoms with Crippen LogP contribution < -0.4 is 5.73 Å². The second kappa shape index (κ2) is 4.21. The van der Waals surface area contributed by atoms with Gasteiger partial charge in [-0.25, -0.2) is 9.07 Å². The number of hydrogen-bond donors (Lipinski definition) is 1. The van der Waals surface area contributed by atoms with E-state index in [0.717, 1.165) is 11.3 Å². The van der Waals surface area contributed by atoms with Crippen LogP contribution in [0.5, 0.6) is 0 Å². The van der Waals surface area contributed by atoms with E-state index in [0.29, 0.717) is 11.6 Å². The number of aromatic nitrogens is 2. The van der Waals surface area contributed by atoms with Gasteiger partial charge in [0.05, 0.1) is 5.69 Å². The predicted molar refractivity (Wildman–Crippen MR) is 68.1 cm³/mol. The maximum absolute atomic E-state index is 14.0. The van der Waals surface area contributed by atoms with Gasteiger partial charge in [0.25, 0.3) is 0 Å². The molecule has 0 spiro atoms. The Hall–Kier alpha value is -1.68. The third kappa shape index (κ3) is 2.04. The van der Waals surface area contributed by atoms with Crippen LogP contribution in [0.3, 0.4) is 0 Å². The van der Waals surface area contributed by atoms with E-state index < -0.39 is 0 Å². The molecule has 0 amide bonds. The Labute approximate surface area is 105 Å². The number of halogens is 1. The van der Waals surface area contributed by atoms with Crippen molar-refractivity contribution in [1.29, 1.82) is 0 Å². The molecule has 1 aliphatic carbocycles. The van der Waals surface area contributed by atoms with Crippen molar-refractivity contribution in [2.75, 3.05) is 0 Å². The standard InChI is InChI=1S/C14H16FN3/c1-9(16)11-4-5-14(12(15)8-11)18-7-6-13(17-18)10-2-3-10/h4-10H,2-3,16H2,1H3/t9-/m0/s1. The average Bonchev–Trinajstić information content (AvgIpc) is 3.08. The van der Waals surface area contributed by atoms with E-state index in [-0.39, 0.29) is 11.9 Å². The van der Waals surface area contributed by atoms with Crippen LogP contribution in [0.4, 0.5) is 4.39 Å². The highest BCUT2D eigenvalue weighted by Gasteiger charge is 2.26. The monoisotopic (exact) mass is 245 g/mol. The summed E-state index contributed by atoms with van der Waals surface area (Å²) in [7, 11) is 0. The molecule has 2 aromatic rings. The summed E-state index contributed by atoms with van der Waals surface area (Å²) < 4.78 is 15.6. The number of benzene rings is 1. The Morgan fingerprint density at radius 3 is 2.78 bits per heavy atom. The normalized spacial score (nSPS) is 16.8. The lowest BCUT2D eigenvalue weighted by Crippen LogP contribution is -2.07. The molecule has 2 N–H and O–H groups in total. The van der Waals surface area contributed by atoms with E-state index in [1.807, 2.05) is 25.3 Å². The summed E-state index contributed by atoms with van der Waals surface area (Å²) >= 11 is 0. The molecule has 3 rings (SSSR count). The summed E-state index contributed by atoms with van der Waals surface area (Å²) in [5.74, 6) is 0.299. The topological polar surface area (TPSA) is 43.8 Å². The molecule has 1 fully saturated rings. The SMILES string of the molecule is C[C@H](N)c1ccc(-n2ccc(C3CC3)n2)c(F)c1. The van der Waals surface area contributed by atoms with E-state index in [9.17, 15) is 4.39 Å². The van der Waals surface area contributed by atoms with Crippen molar-refractivity contribution in [2.24, 2.45) is 5.73 Å². The van der Waals surface area contributed by atoms with Crippen molar-refractivity contribution in [2.45, 2.75) is 31.7 Å². The first-order chi connectivity index (χ1) is 8.65. The number of nitrogens with zero attached hydrogens (tertiary/aromatic N) is 2. The highest BCUT2D eigenvalue weighted by molar-refractivity contribution is 5.37. The molecule has 1 aliphatic rings. The van der Waals surface area contributed by atoms with Gasteiger partial charge in [0.1, 0.15) is 11.5 Å². The van der Waals surface area contributed by atoms with Gasteiger partial charge in [-0.15, -0.1) is 0 Å². The van der Waals surface area contributed by atoms with Crippen molar-refractivity contribution < 1.29 is 4.39 Å². The fraction of sp³-hybridized carbons (Fsp3) is 0.357. The van der Waals surface area contributed by atoms with Crippen molar-refractivity contribution in [3.8, 4) is 5.69 Å². The van der Waals surface area contributed by atoms with Crippen LogP contribution in [0.15, 0.2) is 30.5 Å². The lowest BCUT2D eigenvalue weighted by molar-refractivity contribution is 0.604. The molecule has 0 radical (unpaired) electrons. The third-order valence-corrected chi connectivity index (χ3v) is 3.35. The smallest absolute Gasteiger partial charge is 0.149 e. The van der Waals surface area contributed by atoms with E-state index in [1.165, 1.54) is 18.9 Å². The molecule has 1 saturated carbocycles. The summed E-state index contributed by atoms with van der Waals surface area (Å²) in [5.41, 5.74) is 8.07. The van der Waals surface area contributed by atoms with Gasteiger partial charge in [-0.1, -0.05) is 6.07 Å². The summed E-state index contributed by atoms with van der Waals surface area (Å²) in [6, 6.07) is 6.88. The zero-order valence-corrected chi connectivity index (χ0v) is 10.3. The summed E-state index contributed by atoms with van der Waals surface area (Å²) in [6.45, 7) is 1.84. The molecule has 0 unspecified atom stereocenters. The van der Waals surface area contributed by atoms with Gasteiger partial charge in [0.15, 0.2) is 0 Å². The van der Waals surface area contributed by atoms with Crippen LogP contribution >= 0.6 is 0 Å². The van der Waals surface area contributed by atoms with Gasteiger partial charge in [0.2, 0.25) is 0 Å². The molecule has 1 atom stereocenters. The minimum absolute atomic E-state index is 0.159. The second-order valence-corrected chi connectivity index (χ2v) is 4.96. The third-order valence-electron chi connectivity index (χ3n) is 3.35. The lowest BCUT2D eigenvalue weighted by atomic mass is 10.1. The molecular formula is C14H16FN3. The zero-order chi connectivity index (χ0) is 12.7. The molecule has 1 aromatic carbocycles. The van der Waals surface area contributed by atoms with Gasteiger partial charge < -0.3 is 5.73 Å². The minimum atomic E-state index is -0.282. The zero-order valence-electron chi connectivity index (χ0n) is 10.3. The van der Waals surface area contributed by atoms with Crippen LogP contribution in [-0.2, 0) is 0 Å². The Bertz CT molecular complexity index is 570. The maximum atomic E-state index is 14.0. The van der Waals surface area contributed by atoms with E-state index in [4.69, 9.17) is 5.73 Å².